The number of hydrogen-bond donors (Lipinski definition) is 2. The molecule has 174 valence electrons. The molecule has 1 rings (SSSR count). The molecule has 0 bridgehead atoms. The Kier molecular flexibility index (Phi) is 14.6. The molecule has 1 aliphatic rings. The summed E-state index contributed by atoms with van der Waals surface area (Å²) in [4.78, 5) is 11.5. The van der Waals surface area contributed by atoms with E-state index in [1.165, 1.54) is 89.9 Å². The molecule has 0 saturated heterocycles. The summed E-state index contributed by atoms with van der Waals surface area (Å²) in [5.74, 6) is 0.0527. The molecule has 0 aromatic carbocycles. The zero-order valence-electron chi connectivity index (χ0n) is 20.4. The summed E-state index contributed by atoms with van der Waals surface area (Å²) in [7, 11) is 0. The minimum atomic E-state index is 0.0527. The molecule has 0 aromatic rings. The monoisotopic (exact) mass is 420 g/mol. The van der Waals surface area contributed by atoms with E-state index < -0.39 is 0 Å². The van der Waals surface area contributed by atoms with Crippen molar-refractivity contribution in [3.8, 4) is 0 Å². The lowest BCUT2D eigenvalue weighted by atomic mass is 10.0. The van der Waals surface area contributed by atoms with Gasteiger partial charge in [-0.25, -0.2) is 0 Å². The standard InChI is InChI=1S/C26H49N3O/c1-5-7-8-9-10-11-12-13-14-15-16-17-18-19-20-21-26-27-22-23-29(26,6-2)24(3)28-25(4)30/h5,7,22-24,26-27H,6,8-21H2,1-4H3/p+1/b7-5+. The van der Waals surface area contributed by atoms with Crippen molar-refractivity contribution >= 4 is 5.91 Å². The van der Waals surface area contributed by atoms with Crippen molar-refractivity contribution in [1.82, 2.24) is 10.6 Å². The lowest BCUT2D eigenvalue weighted by molar-refractivity contribution is -0.923. The topological polar surface area (TPSA) is 41.1 Å². The van der Waals surface area contributed by atoms with Gasteiger partial charge < -0.3 is 10.6 Å². The minimum Gasteiger partial charge on any atom is -0.338 e. The van der Waals surface area contributed by atoms with Gasteiger partial charge in [0.2, 0.25) is 5.91 Å². The van der Waals surface area contributed by atoms with Crippen LogP contribution in [0, 0.1) is 0 Å². The average molecular weight is 421 g/mol. The quantitative estimate of drug-likeness (QED) is 0.146. The first-order valence-corrected chi connectivity index (χ1v) is 12.8. The predicted molar refractivity (Wildman–Crippen MR) is 130 cm³/mol. The molecule has 4 nitrogen and oxygen atoms in total. The Morgan fingerprint density at radius 2 is 1.53 bits per heavy atom. The van der Waals surface area contributed by atoms with E-state index in [1.807, 2.05) is 0 Å². The van der Waals surface area contributed by atoms with Crippen LogP contribution in [0.3, 0.4) is 0 Å². The second-order valence-corrected chi connectivity index (χ2v) is 9.07. The van der Waals surface area contributed by atoms with Crippen LogP contribution in [0.5, 0.6) is 0 Å². The van der Waals surface area contributed by atoms with Gasteiger partial charge in [0.1, 0.15) is 6.20 Å². The molecule has 4 heteroatoms. The minimum absolute atomic E-state index is 0.0527. The van der Waals surface area contributed by atoms with Crippen molar-refractivity contribution in [3.05, 3.63) is 24.6 Å². The number of nitrogens with zero attached hydrogens (tertiary/aromatic N) is 1. The summed E-state index contributed by atoms with van der Waals surface area (Å²) in [6.07, 6.45) is 28.3. The number of quaternary nitrogens is 1. The number of nitrogens with one attached hydrogen (secondary N) is 2. The molecular weight excluding hydrogens is 370 g/mol. The lowest BCUT2D eigenvalue weighted by Gasteiger charge is -2.41. The van der Waals surface area contributed by atoms with Crippen LogP contribution < -0.4 is 10.6 Å². The van der Waals surface area contributed by atoms with Gasteiger partial charge in [-0.15, -0.1) is 0 Å². The Hall–Kier alpha value is -1.29. The third-order valence-corrected chi connectivity index (χ3v) is 6.74. The number of hydrogen-bond acceptors (Lipinski definition) is 2. The Morgan fingerprint density at radius 1 is 1.00 bits per heavy atom. The van der Waals surface area contributed by atoms with Crippen LogP contribution in [0.4, 0.5) is 0 Å². The summed E-state index contributed by atoms with van der Waals surface area (Å²) >= 11 is 0. The number of allylic oxidation sites excluding steroid dienone is 2. The molecule has 1 aliphatic heterocycles. The van der Waals surface area contributed by atoms with Gasteiger partial charge in [0.25, 0.3) is 0 Å². The van der Waals surface area contributed by atoms with Gasteiger partial charge in [0.05, 0.1) is 12.7 Å². The molecule has 0 radical (unpaired) electrons. The third-order valence-electron chi connectivity index (χ3n) is 6.74. The molecule has 3 unspecified atom stereocenters. The second-order valence-electron chi connectivity index (χ2n) is 9.07. The molecule has 30 heavy (non-hydrogen) atoms. The van der Waals surface area contributed by atoms with Gasteiger partial charge in [-0.05, 0) is 33.1 Å². The molecule has 0 spiro atoms. The normalized spacial score (nSPS) is 21.8. The van der Waals surface area contributed by atoms with E-state index in [-0.39, 0.29) is 12.1 Å². The van der Waals surface area contributed by atoms with Crippen LogP contribution in [0.15, 0.2) is 24.6 Å². The smallest absolute Gasteiger partial charge is 0.221 e. The highest BCUT2D eigenvalue weighted by atomic mass is 16.1. The SMILES string of the molecule is C/C=C/CCCCCCCCCCCCCCC1NC=C[N+]1(CC)C(C)NC(C)=O. The fourth-order valence-electron chi connectivity index (χ4n) is 4.81. The molecule has 0 aromatic heterocycles. The van der Waals surface area contributed by atoms with E-state index >= 15 is 0 Å². The van der Waals surface area contributed by atoms with Crippen molar-refractivity contribution < 1.29 is 9.28 Å². The molecule has 1 amide bonds. The summed E-state index contributed by atoms with van der Waals surface area (Å²) in [6.45, 7) is 9.05. The Morgan fingerprint density at radius 3 is 2.03 bits per heavy atom. The highest BCUT2D eigenvalue weighted by Gasteiger charge is 2.41. The van der Waals surface area contributed by atoms with Crippen molar-refractivity contribution in [1.29, 1.82) is 0 Å². The van der Waals surface area contributed by atoms with Crippen LogP contribution in [0.1, 0.15) is 118 Å². The summed E-state index contributed by atoms with van der Waals surface area (Å²) in [6, 6.07) is 0. The molecule has 0 fully saturated rings. The van der Waals surface area contributed by atoms with E-state index in [1.54, 1.807) is 6.92 Å². The first kappa shape index (κ1) is 26.7. The van der Waals surface area contributed by atoms with Crippen molar-refractivity contribution in [2.24, 2.45) is 0 Å². The first-order chi connectivity index (χ1) is 14.6. The van der Waals surface area contributed by atoms with E-state index in [9.17, 15) is 4.79 Å². The van der Waals surface area contributed by atoms with Crippen LogP contribution in [0.2, 0.25) is 0 Å². The fraction of sp³-hybridized carbons (Fsp3) is 0.808. The number of rotatable bonds is 18. The van der Waals surface area contributed by atoms with Crippen molar-refractivity contribution in [2.75, 3.05) is 6.54 Å². The summed E-state index contributed by atoms with van der Waals surface area (Å²) in [5, 5.41) is 6.64. The van der Waals surface area contributed by atoms with Crippen LogP contribution in [-0.2, 0) is 4.79 Å². The van der Waals surface area contributed by atoms with Crippen LogP contribution in [0.25, 0.3) is 0 Å². The highest BCUT2D eigenvalue weighted by Crippen LogP contribution is 2.26. The van der Waals surface area contributed by atoms with E-state index in [0.717, 1.165) is 11.0 Å². The van der Waals surface area contributed by atoms with Gasteiger partial charge in [0.15, 0.2) is 12.3 Å². The zero-order valence-corrected chi connectivity index (χ0v) is 20.4. The third kappa shape index (κ3) is 10.1. The van der Waals surface area contributed by atoms with Gasteiger partial charge in [-0.2, -0.15) is 0 Å². The van der Waals surface area contributed by atoms with Gasteiger partial charge in [0, 0.05) is 20.3 Å². The predicted octanol–water partition coefficient (Wildman–Crippen LogP) is 6.74. The average Bonchev–Trinajstić information content (AvgIpc) is 3.14. The van der Waals surface area contributed by atoms with E-state index in [2.05, 4.69) is 56.0 Å². The number of amides is 1. The fourth-order valence-corrected chi connectivity index (χ4v) is 4.81. The van der Waals surface area contributed by atoms with E-state index in [4.69, 9.17) is 0 Å². The number of carbonyl (C=O) groups excluding carboxylic acids is 1. The molecule has 0 saturated carbocycles. The Balaban J connectivity index is 2.03. The number of carbonyl (C=O) groups is 1. The highest BCUT2D eigenvalue weighted by molar-refractivity contribution is 5.72. The van der Waals surface area contributed by atoms with Crippen molar-refractivity contribution in [3.63, 3.8) is 0 Å². The largest absolute Gasteiger partial charge is 0.338 e. The molecule has 1 heterocycles. The lowest BCUT2D eigenvalue weighted by Crippen LogP contribution is -2.62. The first-order valence-electron chi connectivity index (χ1n) is 12.8. The molecule has 3 atom stereocenters. The van der Waals surface area contributed by atoms with Gasteiger partial charge in [-0.1, -0.05) is 76.4 Å². The van der Waals surface area contributed by atoms with E-state index in [0.29, 0.717) is 6.17 Å². The summed E-state index contributed by atoms with van der Waals surface area (Å²) < 4.78 is 0.814. The maximum Gasteiger partial charge on any atom is 0.221 e. The molecule has 0 aliphatic carbocycles. The van der Waals surface area contributed by atoms with Crippen LogP contribution >= 0.6 is 0 Å². The maximum absolute atomic E-state index is 11.5. The second kappa shape index (κ2) is 16.4. The van der Waals surface area contributed by atoms with Crippen LogP contribution in [-0.4, -0.2) is 29.3 Å². The van der Waals surface area contributed by atoms with Gasteiger partial charge >= 0.3 is 0 Å². The molecule has 2 N–H and O–H groups in total. The van der Waals surface area contributed by atoms with Crippen molar-refractivity contribution in [2.45, 2.75) is 130 Å². The number of unbranched alkanes of at least 4 members (excludes halogenated alkanes) is 12. The Bertz CT molecular complexity index is 503. The Labute approximate surface area is 187 Å². The van der Waals surface area contributed by atoms with Gasteiger partial charge in [-0.3, -0.25) is 9.28 Å². The zero-order chi connectivity index (χ0) is 22.1. The molecular formula is C26H50N3O+. The summed E-state index contributed by atoms with van der Waals surface area (Å²) in [5.41, 5.74) is 0. The maximum atomic E-state index is 11.5.